The largest absolute Gasteiger partial charge is 0.496 e. The Kier molecular flexibility index (Phi) is 3.54. The van der Waals surface area contributed by atoms with E-state index in [0.29, 0.717) is 11.4 Å². The Labute approximate surface area is 104 Å². The zero-order valence-electron chi connectivity index (χ0n) is 9.77. The molecule has 1 aromatic carbocycles. The minimum absolute atomic E-state index is 0.0798. The molecule has 0 unspecified atom stereocenters. The standard InChI is InChI=1S/C13H13NO2S/c1-3-10(15)13-14-8-12(17-13)9-6-4-5-7-11(9)16-2/h4-8H,3H2,1-2H3. The zero-order chi connectivity index (χ0) is 12.3. The highest BCUT2D eigenvalue weighted by atomic mass is 32.1. The van der Waals surface area contributed by atoms with Gasteiger partial charge in [0.15, 0.2) is 10.8 Å². The molecular weight excluding hydrogens is 234 g/mol. The number of thiazole rings is 1. The highest BCUT2D eigenvalue weighted by Gasteiger charge is 2.12. The van der Waals surface area contributed by atoms with E-state index < -0.39 is 0 Å². The van der Waals surface area contributed by atoms with Crippen LogP contribution < -0.4 is 4.74 Å². The van der Waals surface area contributed by atoms with Gasteiger partial charge in [0, 0.05) is 18.2 Å². The van der Waals surface area contributed by atoms with E-state index >= 15 is 0 Å². The summed E-state index contributed by atoms with van der Waals surface area (Å²) in [7, 11) is 1.64. The van der Waals surface area contributed by atoms with Crippen LogP contribution in [0, 0.1) is 0 Å². The number of ether oxygens (including phenoxy) is 1. The predicted octanol–water partition coefficient (Wildman–Crippen LogP) is 3.41. The molecule has 0 atom stereocenters. The Bertz CT molecular complexity index is 534. The normalized spacial score (nSPS) is 10.2. The first kappa shape index (κ1) is 11.8. The minimum atomic E-state index is 0.0798. The second kappa shape index (κ2) is 5.10. The molecule has 4 heteroatoms. The second-order valence-corrected chi connectivity index (χ2v) is 4.54. The Morgan fingerprint density at radius 3 is 2.88 bits per heavy atom. The molecule has 3 nitrogen and oxygen atoms in total. The van der Waals surface area contributed by atoms with Crippen molar-refractivity contribution in [1.29, 1.82) is 0 Å². The van der Waals surface area contributed by atoms with Crippen molar-refractivity contribution in [2.45, 2.75) is 13.3 Å². The predicted molar refractivity (Wildman–Crippen MR) is 68.7 cm³/mol. The summed E-state index contributed by atoms with van der Waals surface area (Å²) in [5, 5.41) is 0.563. The summed E-state index contributed by atoms with van der Waals surface area (Å²) >= 11 is 1.41. The number of benzene rings is 1. The molecule has 0 saturated carbocycles. The third-order valence-corrected chi connectivity index (χ3v) is 3.51. The Morgan fingerprint density at radius 1 is 1.41 bits per heavy atom. The third-order valence-electron chi connectivity index (χ3n) is 2.44. The molecule has 0 saturated heterocycles. The Balaban J connectivity index is 2.40. The molecule has 1 aromatic heterocycles. The summed E-state index contributed by atoms with van der Waals surface area (Å²) in [6.45, 7) is 1.84. The maximum absolute atomic E-state index is 11.5. The first-order chi connectivity index (χ1) is 8.26. The van der Waals surface area contributed by atoms with Crippen LogP contribution in [-0.2, 0) is 0 Å². The van der Waals surface area contributed by atoms with Crippen LogP contribution in [0.25, 0.3) is 10.4 Å². The summed E-state index contributed by atoms with van der Waals surface area (Å²) in [6, 6.07) is 7.73. The molecule has 0 radical (unpaired) electrons. The molecular formula is C13H13NO2S. The lowest BCUT2D eigenvalue weighted by atomic mass is 10.2. The van der Waals surface area contributed by atoms with Gasteiger partial charge in [-0.1, -0.05) is 19.1 Å². The smallest absolute Gasteiger partial charge is 0.191 e. The van der Waals surface area contributed by atoms with Crippen LogP contribution in [0.15, 0.2) is 30.5 Å². The van der Waals surface area contributed by atoms with Gasteiger partial charge in [-0.3, -0.25) is 4.79 Å². The average molecular weight is 247 g/mol. The van der Waals surface area contributed by atoms with Crippen molar-refractivity contribution < 1.29 is 9.53 Å². The van der Waals surface area contributed by atoms with Gasteiger partial charge in [0.05, 0.1) is 12.0 Å². The van der Waals surface area contributed by atoms with Crippen molar-refractivity contribution in [3.63, 3.8) is 0 Å². The molecule has 1 heterocycles. The molecule has 0 aliphatic rings. The van der Waals surface area contributed by atoms with E-state index in [4.69, 9.17) is 4.74 Å². The van der Waals surface area contributed by atoms with E-state index in [0.717, 1.165) is 16.2 Å². The quantitative estimate of drug-likeness (QED) is 0.777. The van der Waals surface area contributed by atoms with Gasteiger partial charge in [0.25, 0.3) is 0 Å². The van der Waals surface area contributed by atoms with Crippen molar-refractivity contribution in [3.8, 4) is 16.2 Å². The van der Waals surface area contributed by atoms with Gasteiger partial charge in [-0.2, -0.15) is 0 Å². The number of hydrogen-bond acceptors (Lipinski definition) is 4. The number of ketones is 1. The fourth-order valence-corrected chi connectivity index (χ4v) is 2.48. The number of nitrogens with zero attached hydrogens (tertiary/aromatic N) is 1. The monoisotopic (exact) mass is 247 g/mol. The molecule has 17 heavy (non-hydrogen) atoms. The number of carbonyl (C=O) groups is 1. The zero-order valence-corrected chi connectivity index (χ0v) is 10.6. The molecule has 88 valence electrons. The molecule has 0 aliphatic carbocycles. The van der Waals surface area contributed by atoms with Crippen molar-refractivity contribution >= 4 is 17.1 Å². The molecule has 2 aromatic rings. The first-order valence-electron chi connectivity index (χ1n) is 5.38. The molecule has 0 amide bonds. The maximum Gasteiger partial charge on any atom is 0.191 e. The van der Waals surface area contributed by atoms with Crippen LogP contribution in [0.3, 0.4) is 0 Å². The molecule has 0 N–H and O–H groups in total. The minimum Gasteiger partial charge on any atom is -0.496 e. The van der Waals surface area contributed by atoms with E-state index in [1.165, 1.54) is 11.3 Å². The number of methoxy groups -OCH3 is 1. The van der Waals surface area contributed by atoms with Gasteiger partial charge in [-0.05, 0) is 12.1 Å². The topological polar surface area (TPSA) is 39.2 Å². The van der Waals surface area contributed by atoms with Crippen LogP contribution in [0.2, 0.25) is 0 Å². The Hall–Kier alpha value is -1.68. The van der Waals surface area contributed by atoms with Crippen LogP contribution in [0.4, 0.5) is 0 Å². The average Bonchev–Trinajstić information content (AvgIpc) is 2.87. The number of hydrogen-bond donors (Lipinski definition) is 0. The van der Waals surface area contributed by atoms with Gasteiger partial charge < -0.3 is 4.74 Å². The van der Waals surface area contributed by atoms with Crippen LogP contribution >= 0.6 is 11.3 Å². The summed E-state index contributed by atoms with van der Waals surface area (Å²) in [4.78, 5) is 16.6. The summed E-state index contributed by atoms with van der Waals surface area (Å²) in [6.07, 6.45) is 2.21. The number of rotatable bonds is 4. The lowest BCUT2D eigenvalue weighted by Gasteiger charge is -2.04. The first-order valence-corrected chi connectivity index (χ1v) is 6.20. The maximum atomic E-state index is 11.5. The van der Waals surface area contributed by atoms with Crippen LogP contribution in [-0.4, -0.2) is 17.9 Å². The van der Waals surface area contributed by atoms with Crippen molar-refractivity contribution in [1.82, 2.24) is 4.98 Å². The summed E-state index contributed by atoms with van der Waals surface area (Å²) in [5.74, 6) is 0.878. The highest BCUT2D eigenvalue weighted by Crippen LogP contribution is 2.33. The van der Waals surface area contributed by atoms with Crippen molar-refractivity contribution in [2.24, 2.45) is 0 Å². The Morgan fingerprint density at radius 2 is 2.18 bits per heavy atom. The SMILES string of the molecule is CCC(=O)c1ncc(-c2ccccc2OC)s1. The molecule has 0 aliphatic heterocycles. The van der Waals surface area contributed by atoms with E-state index in [9.17, 15) is 4.79 Å². The lowest BCUT2D eigenvalue weighted by Crippen LogP contribution is -1.93. The van der Waals surface area contributed by atoms with Crippen LogP contribution in [0.1, 0.15) is 23.1 Å². The van der Waals surface area contributed by atoms with Gasteiger partial charge in [-0.15, -0.1) is 11.3 Å². The molecule has 0 fully saturated rings. The second-order valence-electron chi connectivity index (χ2n) is 3.51. The third kappa shape index (κ3) is 2.36. The van der Waals surface area contributed by atoms with Crippen LogP contribution in [0.5, 0.6) is 5.75 Å². The fourth-order valence-electron chi connectivity index (χ4n) is 1.53. The fraction of sp³-hybridized carbons (Fsp3) is 0.231. The van der Waals surface area contributed by atoms with Crippen molar-refractivity contribution in [2.75, 3.05) is 7.11 Å². The number of carbonyl (C=O) groups excluding carboxylic acids is 1. The lowest BCUT2D eigenvalue weighted by molar-refractivity contribution is 0.0988. The van der Waals surface area contributed by atoms with Crippen molar-refractivity contribution in [3.05, 3.63) is 35.5 Å². The van der Waals surface area contributed by atoms with Gasteiger partial charge in [-0.25, -0.2) is 4.98 Å². The summed E-state index contributed by atoms with van der Waals surface area (Å²) in [5.41, 5.74) is 0.975. The van der Waals surface area contributed by atoms with Gasteiger partial charge >= 0.3 is 0 Å². The highest BCUT2D eigenvalue weighted by molar-refractivity contribution is 7.17. The van der Waals surface area contributed by atoms with E-state index in [1.54, 1.807) is 13.3 Å². The summed E-state index contributed by atoms with van der Waals surface area (Å²) < 4.78 is 5.29. The van der Waals surface area contributed by atoms with Gasteiger partial charge in [0.2, 0.25) is 0 Å². The molecule has 2 rings (SSSR count). The number of Topliss-reactive ketones (excluding diaryl/α,β-unsaturated/α-hetero) is 1. The van der Waals surface area contributed by atoms with E-state index in [-0.39, 0.29) is 5.78 Å². The van der Waals surface area contributed by atoms with E-state index in [1.807, 2.05) is 31.2 Å². The molecule has 0 bridgehead atoms. The number of para-hydroxylation sites is 1. The van der Waals surface area contributed by atoms with Gasteiger partial charge in [0.1, 0.15) is 5.75 Å². The van der Waals surface area contributed by atoms with E-state index in [2.05, 4.69) is 4.98 Å². The molecule has 0 spiro atoms. The number of aromatic nitrogens is 1.